The van der Waals surface area contributed by atoms with Crippen molar-refractivity contribution in [3.8, 4) is 0 Å². The molecule has 0 aromatic rings. The molecule has 6 saturated heterocycles. The minimum atomic E-state index is -5.35. The molecule has 488 valence electrons. The molecule has 6 aliphatic heterocycles. The molecule has 0 aliphatic carbocycles. The van der Waals surface area contributed by atoms with Crippen LogP contribution >= 0.6 is 0 Å². The molecule has 0 unspecified atom stereocenters. The van der Waals surface area contributed by atoms with E-state index < -0.39 is 262 Å². The third-order valence-electron chi connectivity index (χ3n) is 14.0. The van der Waals surface area contributed by atoms with E-state index in [9.17, 15) is 112 Å². The van der Waals surface area contributed by atoms with E-state index in [0.29, 0.717) is 0 Å². The van der Waals surface area contributed by atoms with Gasteiger partial charge in [-0.25, -0.2) is 8.37 Å². The monoisotopic (exact) mass is 1270 g/mol. The first-order valence-corrected chi connectivity index (χ1v) is 28.1. The quantitative estimate of drug-likeness (QED) is 0.0422. The summed E-state index contributed by atoms with van der Waals surface area (Å²) in [6.45, 7) is -3.67. The summed E-state index contributed by atoms with van der Waals surface area (Å²) in [5.41, 5.74) is 0. The zero-order chi connectivity index (χ0) is 62.6. The van der Waals surface area contributed by atoms with Crippen molar-refractivity contribution in [3.63, 3.8) is 0 Å². The second-order valence-corrected chi connectivity index (χ2v) is 22.2. The van der Waals surface area contributed by atoms with Crippen LogP contribution in [-0.4, -0.2) is 344 Å². The molecule has 0 saturated carbocycles. The first-order chi connectivity index (χ1) is 39.2. The van der Waals surface area contributed by atoms with Gasteiger partial charge in [-0.3, -0.25) is 23.5 Å². The van der Waals surface area contributed by atoms with Gasteiger partial charge in [0.05, 0.1) is 39.6 Å². The minimum absolute atomic E-state index is 0.865. The number of rotatable bonds is 23. The average Bonchev–Trinajstić information content (AvgIpc) is 2.75. The van der Waals surface area contributed by atoms with Crippen LogP contribution in [0, 0.1) is 0 Å². The smallest absolute Gasteiger partial charge is 0.394 e. The number of aliphatic hydroxyl groups excluding tert-OH is 15. The van der Waals surface area contributed by atoms with E-state index >= 15 is 0 Å². The van der Waals surface area contributed by atoms with Crippen LogP contribution in [0.25, 0.3) is 0 Å². The number of amides is 3. The van der Waals surface area contributed by atoms with E-state index in [1.807, 2.05) is 0 Å². The van der Waals surface area contributed by atoms with Crippen LogP contribution in [0.3, 0.4) is 0 Å². The molecule has 30 atom stereocenters. The summed E-state index contributed by atoms with van der Waals surface area (Å²) < 4.78 is 136. The standard InChI is InChI=1S/C42H71N3O37S2/c1-10(49)43-19-26(56)33(79-41-31(61)29(59)23(53)17(77-41)8-71-83(64,65)66)15(6-48)76-38(19)70-7-16-25(55)35(21(37(63)73-16)45-12(3)51)81-42-32(62)36(24(54)14(5-47)75-42)82-39-20(44-11(2)50)27(57)34(18(78-39)9-72-84(67,68)69)80-40-30(60)28(58)22(52)13(4-46)74-40/h13-42,46-48,52-63H,4-9H2,1-3H3,(H,43,49)(H,44,50)(H,45,51)(H,64,65,66)(H,67,68,69)/t13-,14-,15-,16-,17-,18-,19-,20-,21-,22+,23+,24+,25+,26-,27-,28+,29+,30-,31-,32-,33-,34-,35-,36+,37+,38-,39+,40+,41+,42+/m1/s1. The topological polar surface area (TPSA) is 619 Å². The van der Waals surface area contributed by atoms with Gasteiger partial charge >= 0.3 is 20.8 Å². The number of nitrogens with one attached hydrogen (secondary N) is 3. The number of hydrogen-bond acceptors (Lipinski definition) is 35. The van der Waals surface area contributed by atoms with Crippen LogP contribution in [0.15, 0.2) is 0 Å². The fraction of sp³-hybridized carbons (Fsp3) is 0.929. The van der Waals surface area contributed by atoms with Crippen LogP contribution < -0.4 is 16.0 Å². The summed E-state index contributed by atoms with van der Waals surface area (Å²) in [4.78, 5) is 37.6. The maximum atomic E-state index is 12.6. The summed E-state index contributed by atoms with van der Waals surface area (Å²) in [7, 11) is -10.5. The number of ether oxygens (including phenoxy) is 11. The Kier molecular flexibility index (Phi) is 24.8. The SMILES string of the molecule is CC(=O)N[C@@H]1[C@@H](O[C@@H]2O[C@H](CO)[C@H](O)[C@H](O[C@@H]3O[C@H](COS(=O)(=O)O)[C@@H](O[C@@H]4O[C@H](CO)[C@H](O)[C@H](O)[C@H]4O)[C@H](O)[C@H]3NC(C)=O)[C@H]2O)[C@@H](O)[C@@H](CO[C@@H]2O[C@H](CO)[C@@H](O[C@@H]3O[C@H](COS(=O)(=O)O)[C@H](O)[C@H](O)[C@H]3O)[C@H](O)[C@H]2NC(C)=O)O[C@@H]1O. The highest BCUT2D eigenvalue weighted by molar-refractivity contribution is 7.81. The second kappa shape index (κ2) is 29.6. The summed E-state index contributed by atoms with van der Waals surface area (Å²) in [5, 5.41) is 170. The Morgan fingerprint density at radius 3 is 1.21 bits per heavy atom. The highest BCUT2D eigenvalue weighted by Gasteiger charge is 2.58. The van der Waals surface area contributed by atoms with Crippen molar-refractivity contribution < 1.29 is 177 Å². The van der Waals surface area contributed by atoms with Crippen molar-refractivity contribution in [2.24, 2.45) is 0 Å². The molecule has 0 radical (unpaired) electrons. The van der Waals surface area contributed by atoms with Crippen molar-refractivity contribution in [3.05, 3.63) is 0 Å². The lowest BCUT2D eigenvalue weighted by Crippen LogP contribution is -2.70. The lowest BCUT2D eigenvalue weighted by molar-refractivity contribution is -0.376. The molecule has 0 aromatic heterocycles. The van der Waals surface area contributed by atoms with Gasteiger partial charge in [0.1, 0.15) is 146 Å². The number of carbonyl (C=O) groups is 3. The predicted molar refractivity (Wildman–Crippen MR) is 255 cm³/mol. The molecule has 40 nitrogen and oxygen atoms in total. The zero-order valence-corrected chi connectivity index (χ0v) is 45.8. The summed E-state index contributed by atoms with van der Waals surface area (Å²) in [6, 6.07) is -5.50. The van der Waals surface area contributed by atoms with E-state index in [4.69, 9.17) is 56.7 Å². The van der Waals surface area contributed by atoms with Gasteiger partial charge < -0.3 is 145 Å². The van der Waals surface area contributed by atoms with Crippen molar-refractivity contribution >= 4 is 38.5 Å². The van der Waals surface area contributed by atoms with Gasteiger partial charge in [0.2, 0.25) is 17.7 Å². The van der Waals surface area contributed by atoms with Gasteiger partial charge in [0, 0.05) is 20.8 Å². The van der Waals surface area contributed by atoms with Crippen LogP contribution in [-0.2, 0) is 95.7 Å². The molecule has 6 heterocycles. The Hall–Kier alpha value is -2.89. The predicted octanol–water partition coefficient (Wildman–Crippen LogP) is -14.0. The van der Waals surface area contributed by atoms with Gasteiger partial charge in [0.15, 0.2) is 37.7 Å². The maximum absolute atomic E-state index is 12.6. The van der Waals surface area contributed by atoms with Gasteiger partial charge in [-0.1, -0.05) is 0 Å². The van der Waals surface area contributed by atoms with Gasteiger partial charge in [-0.2, -0.15) is 16.8 Å². The van der Waals surface area contributed by atoms with Crippen molar-refractivity contribution in [1.29, 1.82) is 0 Å². The van der Waals surface area contributed by atoms with Gasteiger partial charge in [-0.15, -0.1) is 0 Å². The summed E-state index contributed by atoms with van der Waals surface area (Å²) in [6.07, 6.45) is -55.0. The molecule has 20 N–H and O–H groups in total. The fourth-order valence-electron chi connectivity index (χ4n) is 9.90. The largest absolute Gasteiger partial charge is 0.397 e. The highest BCUT2D eigenvalue weighted by Crippen LogP contribution is 2.36. The molecular formula is C42H71N3O37S2. The van der Waals surface area contributed by atoms with Crippen molar-refractivity contribution in [1.82, 2.24) is 16.0 Å². The van der Waals surface area contributed by atoms with Crippen LogP contribution in [0.2, 0.25) is 0 Å². The Morgan fingerprint density at radius 2 is 0.726 bits per heavy atom. The normalized spacial score (nSPS) is 45.1. The fourth-order valence-corrected chi connectivity index (χ4v) is 10.5. The number of hydrogen-bond donors (Lipinski definition) is 20. The Bertz CT molecular complexity index is 2390. The first kappa shape index (κ1) is 70.2. The maximum Gasteiger partial charge on any atom is 0.397 e. The number of aliphatic hydroxyl groups is 15. The first-order valence-electron chi connectivity index (χ1n) is 25.4. The minimum Gasteiger partial charge on any atom is -0.394 e. The van der Waals surface area contributed by atoms with E-state index in [0.717, 1.165) is 20.8 Å². The van der Waals surface area contributed by atoms with Crippen LogP contribution in [0.5, 0.6) is 0 Å². The van der Waals surface area contributed by atoms with Crippen molar-refractivity contribution in [2.45, 2.75) is 205 Å². The molecule has 3 amide bonds. The van der Waals surface area contributed by atoms with E-state index in [-0.39, 0.29) is 0 Å². The number of carbonyl (C=O) groups excluding carboxylic acids is 3. The zero-order valence-electron chi connectivity index (χ0n) is 44.1. The lowest BCUT2D eigenvalue weighted by atomic mass is 9.94. The lowest BCUT2D eigenvalue weighted by Gasteiger charge is -2.50. The molecule has 0 spiro atoms. The van der Waals surface area contributed by atoms with E-state index in [1.165, 1.54) is 0 Å². The van der Waals surface area contributed by atoms with E-state index in [1.54, 1.807) is 0 Å². The highest BCUT2D eigenvalue weighted by atomic mass is 32.3. The third-order valence-corrected chi connectivity index (χ3v) is 14.9. The average molecular weight is 1270 g/mol. The Balaban J connectivity index is 1.22. The summed E-state index contributed by atoms with van der Waals surface area (Å²) in [5.74, 6) is -2.70. The molecule has 0 bridgehead atoms. The molecule has 6 aliphatic rings. The Labute approximate surface area is 475 Å². The Morgan fingerprint density at radius 1 is 0.369 bits per heavy atom. The molecule has 84 heavy (non-hydrogen) atoms. The molecule has 6 rings (SSSR count). The molecule has 0 aromatic carbocycles. The van der Waals surface area contributed by atoms with Gasteiger partial charge in [0.25, 0.3) is 0 Å². The molecule has 42 heteroatoms. The van der Waals surface area contributed by atoms with Crippen LogP contribution in [0.1, 0.15) is 20.8 Å². The van der Waals surface area contributed by atoms with Gasteiger partial charge in [-0.05, 0) is 0 Å². The van der Waals surface area contributed by atoms with Crippen LogP contribution in [0.4, 0.5) is 0 Å². The molecule has 6 fully saturated rings. The second-order valence-electron chi connectivity index (χ2n) is 20.1. The molecular weight excluding hydrogens is 1200 g/mol. The van der Waals surface area contributed by atoms with Crippen molar-refractivity contribution in [2.75, 3.05) is 39.6 Å². The van der Waals surface area contributed by atoms with E-state index in [2.05, 4.69) is 24.3 Å². The summed E-state index contributed by atoms with van der Waals surface area (Å²) >= 11 is 0. The third kappa shape index (κ3) is 17.1.